The molecule has 0 spiro atoms. The van der Waals surface area contributed by atoms with Crippen LogP contribution in [-0.4, -0.2) is 17.8 Å². The van der Waals surface area contributed by atoms with Crippen molar-refractivity contribution in [1.29, 1.82) is 0 Å². The maximum atomic E-state index is 13.4. The Hall–Kier alpha value is -3.68. The van der Waals surface area contributed by atoms with Gasteiger partial charge in [0.05, 0.1) is 15.7 Å². The van der Waals surface area contributed by atoms with Gasteiger partial charge in [-0.05, 0) is 78.6 Å². The van der Waals surface area contributed by atoms with Crippen LogP contribution in [0, 0.1) is 19.7 Å². The lowest BCUT2D eigenvalue weighted by Crippen LogP contribution is -2.54. The lowest BCUT2D eigenvalue weighted by molar-refractivity contribution is -0.122. The molecule has 4 rings (SSSR count). The molecule has 3 aromatic rings. The number of aryl methyl sites for hydroxylation is 2. The van der Waals surface area contributed by atoms with Crippen LogP contribution in [0.1, 0.15) is 22.3 Å². The van der Waals surface area contributed by atoms with Crippen LogP contribution in [0.25, 0.3) is 6.08 Å². The Balaban J connectivity index is 1.62. The highest BCUT2D eigenvalue weighted by atomic mass is 35.5. The van der Waals surface area contributed by atoms with Gasteiger partial charge in [-0.1, -0.05) is 41.4 Å². The van der Waals surface area contributed by atoms with E-state index >= 15 is 0 Å². The minimum Gasteiger partial charge on any atom is -0.486 e. The Morgan fingerprint density at radius 1 is 0.971 bits per heavy atom. The smallest absolute Gasteiger partial charge is 0.335 e. The third-order valence-electron chi connectivity index (χ3n) is 5.45. The Morgan fingerprint density at radius 3 is 2.34 bits per heavy atom. The third-order valence-corrected chi connectivity index (χ3v) is 6.02. The van der Waals surface area contributed by atoms with Crippen molar-refractivity contribution in [3.8, 4) is 5.75 Å². The molecule has 1 N–H and O–H groups in total. The minimum atomic E-state index is -0.836. The van der Waals surface area contributed by atoms with Crippen LogP contribution in [0.4, 0.5) is 14.9 Å². The number of anilines is 1. The van der Waals surface area contributed by atoms with Crippen LogP contribution in [0.3, 0.4) is 0 Å². The first-order valence-electron chi connectivity index (χ1n) is 10.5. The van der Waals surface area contributed by atoms with Crippen molar-refractivity contribution in [3.05, 3.63) is 98.3 Å². The summed E-state index contributed by atoms with van der Waals surface area (Å²) in [5.41, 5.74) is 2.90. The molecule has 1 saturated heterocycles. The predicted molar refractivity (Wildman–Crippen MR) is 132 cm³/mol. The number of halogens is 3. The standard InChI is InChI=1S/C26H19Cl2FN2O4/c1-14-6-7-19(8-15(14)2)31-25(33)20(24(32)30-26(31)34)10-17-11-21(27)23(22(28)12-17)35-13-16-4-3-5-18(29)9-16/h3-12H,13H2,1-2H3,(H,30,32,34)/b20-10+. The van der Waals surface area contributed by atoms with E-state index in [4.69, 9.17) is 27.9 Å². The summed E-state index contributed by atoms with van der Waals surface area (Å²) >= 11 is 12.7. The van der Waals surface area contributed by atoms with Gasteiger partial charge >= 0.3 is 6.03 Å². The number of hydrogen-bond acceptors (Lipinski definition) is 4. The van der Waals surface area contributed by atoms with Crippen molar-refractivity contribution >= 4 is 52.8 Å². The average molecular weight is 513 g/mol. The van der Waals surface area contributed by atoms with Gasteiger partial charge in [0.2, 0.25) is 0 Å². The third kappa shape index (κ3) is 5.21. The maximum Gasteiger partial charge on any atom is 0.335 e. The highest BCUT2D eigenvalue weighted by Crippen LogP contribution is 2.36. The van der Waals surface area contributed by atoms with Crippen LogP contribution in [0.5, 0.6) is 5.75 Å². The second-order valence-electron chi connectivity index (χ2n) is 7.96. The monoisotopic (exact) mass is 512 g/mol. The van der Waals surface area contributed by atoms with Crippen molar-refractivity contribution in [2.45, 2.75) is 20.5 Å². The number of rotatable bonds is 5. The highest BCUT2D eigenvalue weighted by molar-refractivity contribution is 6.40. The van der Waals surface area contributed by atoms with E-state index in [1.54, 1.807) is 30.3 Å². The second-order valence-corrected chi connectivity index (χ2v) is 8.77. The molecule has 1 aliphatic rings. The predicted octanol–water partition coefficient (Wildman–Crippen LogP) is 5.99. The number of carbonyl (C=O) groups excluding carboxylic acids is 3. The average Bonchev–Trinajstić information content (AvgIpc) is 2.78. The zero-order chi connectivity index (χ0) is 25.3. The summed E-state index contributed by atoms with van der Waals surface area (Å²) in [7, 11) is 0. The molecule has 4 amide bonds. The van der Waals surface area contributed by atoms with Crippen molar-refractivity contribution < 1.29 is 23.5 Å². The lowest BCUT2D eigenvalue weighted by atomic mass is 10.0. The largest absolute Gasteiger partial charge is 0.486 e. The number of amides is 4. The number of ether oxygens (including phenoxy) is 1. The summed E-state index contributed by atoms with van der Waals surface area (Å²) in [4.78, 5) is 38.9. The van der Waals surface area contributed by atoms with E-state index < -0.39 is 23.7 Å². The summed E-state index contributed by atoms with van der Waals surface area (Å²) in [5.74, 6) is -1.83. The molecule has 0 aliphatic carbocycles. The van der Waals surface area contributed by atoms with Gasteiger partial charge in [0, 0.05) is 0 Å². The topological polar surface area (TPSA) is 75.7 Å². The molecule has 0 aromatic heterocycles. The first kappa shape index (κ1) is 24.4. The van der Waals surface area contributed by atoms with Gasteiger partial charge in [0.15, 0.2) is 5.75 Å². The number of carbonyl (C=O) groups is 3. The number of barbiturate groups is 1. The van der Waals surface area contributed by atoms with Crippen LogP contribution in [-0.2, 0) is 16.2 Å². The molecule has 0 unspecified atom stereocenters. The minimum absolute atomic E-state index is 0.0333. The van der Waals surface area contributed by atoms with Crippen LogP contribution < -0.4 is 15.0 Å². The fourth-order valence-electron chi connectivity index (χ4n) is 3.51. The summed E-state index contributed by atoms with van der Waals surface area (Å²) < 4.78 is 19.0. The Morgan fingerprint density at radius 2 is 1.69 bits per heavy atom. The maximum absolute atomic E-state index is 13.4. The molecule has 0 radical (unpaired) electrons. The van der Waals surface area contributed by atoms with Gasteiger partial charge in [0.25, 0.3) is 11.8 Å². The molecule has 0 saturated carbocycles. The normalized spacial score (nSPS) is 14.9. The zero-order valence-electron chi connectivity index (χ0n) is 18.7. The van der Waals surface area contributed by atoms with Crippen molar-refractivity contribution in [3.63, 3.8) is 0 Å². The Kier molecular flexibility index (Phi) is 6.91. The highest BCUT2D eigenvalue weighted by Gasteiger charge is 2.37. The van der Waals surface area contributed by atoms with Crippen LogP contribution >= 0.6 is 23.2 Å². The van der Waals surface area contributed by atoms with E-state index in [2.05, 4.69) is 5.32 Å². The summed E-state index contributed by atoms with van der Waals surface area (Å²) in [6.07, 6.45) is 1.30. The van der Waals surface area contributed by atoms with Crippen molar-refractivity contribution in [1.82, 2.24) is 5.32 Å². The number of benzene rings is 3. The fourth-order valence-corrected chi connectivity index (χ4v) is 4.12. The summed E-state index contributed by atoms with van der Waals surface area (Å²) in [6.45, 7) is 3.80. The molecule has 1 aliphatic heterocycles. The van der Waals surface area contributed by atoms with Gasteiger partial charge in [-0.25, -0.2) is 14.1 Å². The van der Waals surface area contributed by atoms with Crippen LogP contribution in [0.2, 0.25) is 10.0 Å². The molecule has 1 fully saturated rings. The molecule has 178 valence electrons. The SMILES string of the molecule is Cc1ccc(N2C(=O)NC(=O)/C(=C\c3cc(Cl)c(OCc4cccc(F)c4)c(Cl)c3)C2=O)cc1C. The van der Waals surface area contributed by atoms with E-state index in [0.29, 0.717) is 16.8 Å². The second kappa shape index (κ2) is 9.90. The van der Waals surface area contributed by atoms with E-state index in [-0.39, 0.29) is 28.0 Å². The number of hydrogen-bond donors (Lipinski definition) is 1. The quantitative estimate of drug-likeness (QED) is 0.336. The molecule has 0 bridgehead atoms. The number of nitrogens with one attached hydrogen (secondary N) is 1. The van der Waals surface area contributed by atoms with Crippen LogP contribution in [0.15, 0.2) is 60.2 Å². The van der Waals surface area contributed by atoms with Gasteiger partial charge in [0.1, 0.15) is 18.0 Å². The number of urea groups is 1. The first-order valence-corrected chi connectivity index (χ1v) is 11.2. The number of nitrogens with zero attached hydrogens (tertiary/aromatic N) is 1. The summed E-state index contributed by atoms with van der Waals surface area (Å²) in [5, 5.41) is 2.45. The van der Waals surface area contributed by atoms with Gasteiger partial charge in [-0.2, -0.15) is 0 Å². The summed E-state index contributed by atoms with van der Waals surface area (Å²) in [6, 6.07) is 13.1. The molecule has 3 aromatic carbocycles. The molecule has 35 heavy (non-hydrogen) atoms. The Bertz CT molecular complexity index is 1380. The van der Waals surface area contributed by atoms with E-state index in [1.165, 1.54) is 30.3 Å². The van der Waals surface area contributed by atoms with E-state index in [9.17, 15) is 18.8 Å². The zero-order valence-corrected chi connectivity index (χ0v) is 20.2. The van der Waals surface area contributed by atoms with Gasteiger partial charge < -0.3 is 4.74 Å². The van der Waals surface area contributed by atoms with Gasteiger partial charge in [-0.15, -0.1) is 0 Å². The molecule has 6 nitrogen and oxygen atoms in total. The van der Waals surface area contributed by atoms with E-state index in [0.717, 1.165) is 16.0 Å². The lowest BCUT2D eigenvalue weighted by Gasteiger charge is -2.27. The molecular formula is C26H19Cl2FN2O4. The molecule has 1 heterocycles. The Labute approximate surface area is 210 Å². The molecule has 0 atom stereocenters. The molecule has 9 heteroatoms. The number of imide groups is 2. The van der Waals surface area contributed by atoms with Crippen molar-refractivity contribution in [2.24, 2.45) is 0 Å². The molecular weight excluding hydrogens is 494 g/mol. The van der Waals surface area contributed by atoms with Crippen molar-refractivity contribution in [2.75, 3.05) is 4.90 Å². The van der Waals surface area contributed by atoms with Gasteiger partial charge in [-0.3, -0.25) is 14.9 Å². The fraction of sp³-hybridized carbons (Fsp3) is 0.115. The van der Waals surface area contributed by atoms with E-state index in [1.807, 2.05) is 13.8 Å². The first-order chi connectivity index (χ1) is 16.6.